The SMILES string of the molecule is CCCCCCCCC1(CCCCCCCC)c2cc(N(c3ccc(C)cc3)c3ccc(-c4ccc(N(c5ccc(C)cc5)c5ccc6c(c5)CC6)cc4)cc3)ccc2-c2ccc(N(c3ccc(C)cc3)c3ccc(-c4ccc5c(c4)C(c4cccc(CCCCCC)c4)(c4cccc(CCCCCC)c4)c4cc(C)ccc4-5)cc3)cc21. The fourth-order valence-electron chi connectivity index (χ4n) is 19.8. The predicted octanol–water partition coefficient (Wildman–Crippen LogP) is 33.1. The van der Waals surface area contributed by atoms with Crippen molar-refractivity contribution in [2.24, 2.45) is 0 Å². The molecule has 0 saturated heterocycles. The third-order valence-electron chi connectivity index (χ3n) is 26.4. The second kappa shape index (κ2) is 36.8. The summed E-state index contributed by atoms with van der Waals surface area (Å²) in [5.41, 5.74) is 39.5. The zero-order chi connectivity index (χ0) is 80.2. The van der Waals surface area contributed by atoms with Crippen LogP contribution in [0.15, 0.2) is 285 Å². The standard InChI is InChI=1S/C114H123N3/c1-9-13-17-21-23-27-73-113(74-28-24-22-18-14-10-2)109-80-103(116(97-56-39-83(6)40-57-97)100-62-48-89(49-63-100)88-46-60-99(61-47-88)115(96-54-37-82(5)38-55-96)102-66-52-90-44-45-92(90)78-102)67-71-105(109)106-72-68-104(81-110(106)113)117(98-58-41-84(7)42-59-98)101-64-50-91(51-65-101)93-53-70-108-107-69-43-85(8)75-111(107)114(112(108)79-93,94-35-29-33-86(76-94)31-25-19-15-11-3)95-36-30-34-87(77-95)32-26-20-16-12-4/h29-30,33-43,46-72,75-81H,9-28,31-32,44-45,73-74H2,1-8H3. The van der Waals surface area contributed by atoms with Crippen LogP contribution in [0.5, 0.6) is 0 Å². The van der Waals surface area contributed by atoms with E-state index in [1.165, 1.54) is 280 Å². The summed E-state index contributed by atoms with van der Waals surface area (Å²) in [4.78, 5) is 7.50. The van der Waals surface area contributed by atoms with Gasteiger partial charge >= 0.3 is 0 Å². The number of unbranched alkanes of at least 4 members (excludes halogenated alkanes) is 16. The van der Waals surface area contributed by atoms with Gasteiger partial charge in [0.15, 0.2) is 0 Å². The van der Waals surface area contributed by atoms with E-state index < -0.39 is 5.41 Å². The Balaban J connectivity index is 0.776. The first-order valence-electron chi connectivity index (χ1n) is 45.2. The van der Waals surface area contributed by atoms with Crippen LogP contribution < -0.4 is 14.7 Å². The van der Waals surface area contributed by atoms with Crippen molar-refractivity contribution in [3.63, 3.8) is 0 Å². The Morgan fingerprint density at radius 2 is 0.556 bits per heavy atom. The summed E-state index contributed by atoms with van der Waals surface area (Å²) < 4.78 is 0. The summed E-state index contributed by atoms with van der Waals surface area (Å²) in [5, 5.41) is 0. The maximum atomic E-state index is 2.66. The minimum Gasteiger partial charge on any atom is -0.310 e. The van der Waals surface area contributed by atoms with E-state index in [0.29, 0.717) is 0 Å². The van der Waals surface area contributed by atoms with Crippen LogP contribution in [-0.2, 0) is 36.5 Å². The fraction of sp³-hybridized carbons (Fsp3) is 0.316. The van der Waals surface area contributed by atoms with Crippen molar-refractivity contribution in [1.82, 2.24) is 0 Å². The van der Waals surface area contributed by atoms with Gasteiger partial charge < -0.3 is 14.7 Å². The Bertz CT molecular complexity index is 5430. The van der Waals surface area contributed by atoms with Crippen molar-refractivity contribution < 1.29 is 0 Å². The Morgan fingerprint density at radius 1 is 0.239 bits per heavy atom. The van der Waals surface area contributed by atoms with Gasteiger partial charge in [-0.25, -0.2) is 0 Å². The molecule has 13 aromatic rings. The van der Waals surface area contributed by atoms with Gasteiger partial charge in [-0.05, 0) is 294 Å². The molecule has 3 aliphatic rings. The molecule has 16 rings (SSSR count). The van der Waals surface area contributed by atoms with Crippen LogP contribution >= 0.6 is 0 Å². The maximum absolute atomic E-state index is 2.66. The number of nitrogens with zero attached hydrogens (tertiary/aromatic N) is 3. The molecule has 0 bridgehead atoms. The van der Waals surface area contributed by atoms with E-state index in [1.807, 2.05) is 0 Å². The first-order valence-corrected chi connectivity index (χ1v) is 45.2. The van der Waals surface area contributed by atoms with E-state index in [-0.39, 0.29) is 5.41 Å². The quantitative estimate of drug-likeness (QED) is 0.0359. The molecule has 0 heterocycles. The van der Waals surface area contributed by atoms with Crippen molar-refractivity contribution in [3.8, 4) is 44.5 Å². The minimum atomic E-state index is -0.514. The minimum absolute atomic E-state index is 0.215. The average molecular weight is 1540 g/mol. The van der Waals surface area contributed by atoms with Crippen LogP contribution in [0.2, 0.25) is 0 Å². The molecule has 0 N–H and O–H groups in total. The molecule has 594 valence electrons. The van der Waals surface area contributed by atoms with Crippen LogP contribution in [-0.4, -0.2) is 0 Å². The van der Waals surface area contributed by atoms with Crippen LogP contribution in [0.4, 0.5) is 51.2 Å². The van der Waals surface area contributed by atoms with Gasteiger partial charge in [0.05, 0.1) is 5.41 Å². The van der Waals surface area contributed by atoms with Crippen LogP contribution in [0, 0.1) is 27.7 Å². The molecule has 117 heavy (non-hydrogen) atoms. The van der Waals surface area contributed by atoms with Crippen LogP contribution in [0.1, 0.15) is 247 Å². The van der Waals surface area contributed by atoms with E-state index in [9.17, 15) is 0 Å². The van der Waals surface area contributed by atoms with Gasteiger partial charge in [0.1, 0.15) is 0 Å². The smallest absolute Gasteiger partial charge is 0.0714 e. The number of benzene rings is 13. The highest BCUT2D eigenvalue weighted by Gasteiger charge is 2.47. The molecule has 0 amide bonds. The van der Waals surface area contributed by atoms with Crippen molar-refractivity contribution in [3.05, 3.63) is 363 Å². The van der Waals surface area contributed by atoms with E-state index in [0.717, 1.165) is 60.5 Å². The molecule has 13 aromatic carbocycles. The van der Waals surface area contributed by atoms with Gasteiger partial charge in [-0.2, -0.15) is 0 Å². The molecular weight excluding hydrogens is 1410 g/mol. The zero-order valence-electron chi connectivity index (χ0n) is 71.4. The third kappa shape index (κ3) is 17.0. The zero-order valence-corrected chi connectivity index (χ0v) is 71.4. The molecule has 0 unspecified atom stereocenters. The number of aryl methyl sites for hydroxylation is 8. The first kappa shape index (κ1) is 80.1. The lowest BCUT2D eigenvalue weighted by Gasteiger charge is -2.35. The van der Waals surface area contributed by atoms with E-state index >= 15 is 0 Å². The number of hydrogen-bond donors (Lipinski definition) is 0. The Kier molecular flexibility index (Phi) is 25.2. The highest BCUT2D eigenvalue weighted by molar-refractivity contribution is 5.92. The second-order valence-electron chi connectivity index (χ2n) is 34.8. The second-order valence-corrected chi connectivity index (χ2v) is 34.8. The van der Waals surface area contributed by atoms with Gasteiger partial charge in [-0.1, -0.05) is 335 Å². The van der Waals surface area contributed by atoms with Gasteiger partial charge in [-0.15, -0.1) is 0 Å². The Labute approximate surface area is 702 Å². The van der Waals surface area contributed by atoms with Crippen molar-refractivity contribution in [1.29, 1.82) is 0 Å². The molecular formula is C114H123N3. The number of fused-ring (bicyclic) bond motifs is 7. The first-order chi connectivity index (χ1) is 57.4. The number of hydrogen-bond acceptors (Lipinski definition) is 3. The molecule has 0 saturated carbocycles. The molecule has 3 nitrogen and oxygen atoms in total. The lowest BCUT2D eigenvalue weighted by molar-refractivity contribution is 0.398. The Morgan fingerprint density at radius 3 is 0.966 bits per heavy atom. The van der Waals surface area contributed by atoms with Crippen molar-refractivity contribution in [2.45, 2.75) is 233 Å². The lowest BCUT2D eigenvalue weighted by atomic mass is 9.66. The van der Waals surface area contributed by atoms with Crippen molar-refractivity contribution in [2.75, 3.05) is 14.7 Å². The predicted molar refractivity (Wildman–Crippen MR) is 503 cm³/mol. The van der Waals surface area contributed by atoms with Gasteiger partial charge in [0.25, 0.3) is 0 Å². The monoisotopic (exact) mass is 1530 g/mol. The molecule has 0 radical (unpaired) electrons. The summed E-state index contributed by atoms with van der Waals surface area (Å²) in [7, 11) is 0. The van der Waals surface area contributed by atoms with E-state index in [1.54, 1.807) is 0 Å². The fourth-order valence-corrected chi connectivity index (χ4v) is 19.8. The van der Waals surface area contributed by atoms with Crippen LogP contribution in [0.25, 0.3) is 44.5 Å². The summed E-state index contributed by atoms with van der Waals surface area (Å²) in [6, 6.07) is 112. The third-order valence-corrected chi connectivity index (χ3v) is 26.4. The van der Waals surface area contributed by atoms with E-state index in [4.69, 9.17) is 0 Å². The van der Waals surface area contributed by atoms with Gasteiger partial charge in [-0.3, -0.25) is 0 Å². The molecule has 0 spiro atoms. The van der Waals surface area contributed by atoms with Gasteiger partial charge in [0.2, 0.25) is 0 Å². The molecule has 0 aliphatic heterocycles. The van der Waals surface area contributed by atoms with Crippen molar-refractivity contribution >= 4 is 51.2 Å². The normalized spacial score (nSPS) is 13.2. The van der Waals surface area contributed by atoms with Crippen LogP contribution in [0.3, 0.4) is 0 Å². The van der Waals surface area contributed by atoms with Gasteiger partial charge in [0, 0.05) is 56.6 Å². The lowest BCUT2D eigenvalue weighted by Crippen LogP contribution is -2.29. The molecule has 3 heteroatoms. The summed E-state index contributed by atoms with van der Waals surface area (Å²) in [6.45, 7) is 18.2. The summed E-state index contributed by atoms with van der Waals surface area (Å²) in [5.74, 6) is 0. The molecule has 0 atom stereocenters. The molecule has 0 aromatic heterocycles. The molecule has 3 aliphatic carbocycles. The van der Waals surface area contributed by atoms with E-state index in [2.05, 4.69) is 355 Å². The summed E-state index contributed by atoms with van der Waals surface area (Å²) >= 11 is 0. The summed E-state index contributed by atoms with van der Waals surface area (Å²) in [6.07, 6.45) is 31.8. The average Bonchev–Trinajstić information content (AvgIpc) is 1.54. The molecule has 0 fully saturated rings. The number of anilines is 9. The highest BCUT2D eigenvalue weighted by Crippen LogP contribution is 2.60. The Hall–Kier alpha value is -10.7. The highest BCUT2D eigenvalue weighted by atomic mass is 15.2. The number of rotatable bonds is 37. The maximum Gasteiger partial charge on any atom is 0.0714 e. The topological polar surface area (TPSA) is 9.72 Å². The largest absolute Gasteiger partial charge is 0.310 e.